The van der Waals surface area contributed by atoms with Crippen LogP contribution in [0, 0.1) is 21.7 Å². The molecule has 25 heavy (non-hydrogen) atoms. The third-order valence-electron chi connectivity index (χ3n) is 3.41. The Balaban J connectivity index is 0.000000236. The number of nitrogens with one attached hydrogen (secondary N) is 1. The highest BCUT2D eigenvalue weighted by Gasteiger charge is 2.20. The van der Waals surface area contributed by atoms with Crippen LogP contribution in [-0.4, -0.2) is 30.1 Å². The molecule has 1 atom stereocenters. The zero-order valence-corrected chi connectivity index (χ0v) is 13.2. The Morgan fingerprint density at radius 2 is 1.64 bits per heavy atom. The predicted octanol–water partition coefficient (Wildman–Crippen LogP) is 3.08. The number of nitrogens with zero attached hydrogens (tertiary/aromatic N) is 1. The van der Waals surface area contributed by atoms with Gasteiger partial charge in [-0.05, 0) is 49.4 Å². The summed E-state index contributed by atoms with van der Waals surface area (Å²) in [4.78, 5) is 21.6. The lowest BCUT2D eigenvalue weighted by molar-refractivity contribution is -0.384. The van der Waals surface area contributed by atoms with Gasteiger partial charge in [0.15, 0.2) is 0 Å². The lowest BCUT2D eigenvalue weighted by atomic mass is 10.2. The minimum absolute atomic E-state index is 0.0379. The van der Waals surface area contributed by atoms with Crippen molar-refractivity contribution >= 4 is 11.7 Å². The molecule has 0 saturated carbocycles. The molecule has 0 aromatic heterocycles. The van der Waals surface area contributed by atoms with E-state index in [1.807, 2.05) is 0 Å². The van der Waals surface area contributed by atoms with E-state index in [0.717, 1.165) is 37.2 Å². The summed E-state index contributed by atoms with van der Waals surface area (Å²) in [5.41, 5.74) is 0.298. The van der Waals surface area contributed by atoms with Crippen LogP contribution in [0.5, 0.6) is 0 Å². The molecule has 6 nitrogen and oxygen atoms in total. The van der Waals surface area contributed by atoms with Crippen molar-refractivity contribution in [1.82, 2.24) is 5.32 Å². The van der Waals surface area contributed by atoms with Crippen LogP contribution in [0.3, 0.4) is 0 Å². The Morgan fingerprint density at radius 3 is 2.08 bits per heavy atom. The number of nitro benzene ring substituents is 1. The zero-order valence-electron chi connectivity index (χ0n) is 13.2. The van der Waals surface area contributed by atoms with Crippen molar-refractivity contribution in [2.75, 3.05) is 13.1 Å². The van der Waals surface area contributed by atoms with Crippen molar-refractivity contribution in [2.45, 2.75) is 12.5 Å². The number of benzene rings is 2. The van der Waals surface area contributed by atoms with Crippen molar-refractivity contribution in [3.05, 3.63) is 75.8 Å². The molecular weight excluding hydrogens is 334 g/mol. The van der Waals surface area contributed by atoms with Gasteiger partial charge in [-0.25, -0.2) is 13.6 Å². The fraction of sp³-hybridized carbons (Fsp3) is 0.235. The molecule has 0 aliphatic carbocycles. The molecule has 132 valence electrons. The smallest absolute Gasteiger partial charge is 0.338 e. The Bertz CT molecular complexity index is 693. The minimum atomic E-state index is -0.504. The third kappa shape index (κ3) is 5.92. The maximum absolute atomic E-state index is 11.9. The first-order valence-corrected chi connectivity index (χ1v) is 7.53. The minimum Gasteiger partial charge on any atom is -0.457 e. The molecule has 0 bridgehead atoms. The Labute approximate surface area is 142 Å². The van der Waals surface area contributed by atoms with Gasteiger partial charge in [-0.1, -0.05) is 0 Å². The van der Waals surface area contributed by atoms with Crippen LogP contribution < -0.4 is 5.32 Å². The molecule has 1 heterocycles. The van der Waals surface area contributed by atoms with Crippen LogP contribution in [0.15, 0.2) is 48.5 Å². The van der Waals surface area contributed by atoms with Gasteiger partial charge in [0.1, 0.15) is 17.7 Å². The van der Waals surface area contributed by atoms with Crippen LogP contribution in [0.4, 0.5) is 14.5 Å². The van der Waals surface area contributed by atoms with Crippen LogP contribution in [-0.2, 0) is 4.74 Å². The maximum atomic E-state index is 11.9. The number of ether oxygens (including phenoxy) is 1. The van der Waals surface area contributed by atoms with Crippen LogP contribution >= 0.6 is 0 Å². The highest BCUT2D eigenvalue weighted by atomic mass is 19.1. The Morgan fingerprint density at radius 1 is 1.08 bits per heavy atom. The van der Waals surface area contributed by atoms with E-state index in [0.29, 0.717) is 12.1 Å². The molecule has 1 fully saturated rings. The second-order valence-corrected chi connectivity index (χ2v) is 5.26. The summed E-state index contributed by atoms with van der Waals surface area (Å²) in [5, 5.41) is 13.5. The van der Waals surface area contributed by atoms with E-state index in [-0.39, 0.29) is 11.8 Å². The molecule has 2 aromatic rings. The van der Waals surface area contributed by atoms with E-state index < -0.39 is 22.5 Å². The number of nitro groups is 1. The van der Waals surface area contributed by atoms with Crippen molar-refractivity contribution < 1.29 is 23.2 Å². The molecule has 1 aliphatic rings. The first-order chi connectivity index (χ1) is 12.0. The van der Waals surface area contributed by atoms with E-state index in [2.05, 4.69) is 5.32 Å². The second kappa shape index (κ2) is 8.84. The van der Waals surface area contributed by atoms with Crippen molar-refractivity contribution in [3.8, 4) is 0 Å². The van der Waals surface area contributed by atoms with Crippen LogP contribution in [0.1, 0.15) is 16.8 Å². The van der Waals surface area contributed by atoms with E-state index in [1.54, 1.807) is 0 Å². The predicted molar refractivity (Wildman–Crippen MR) is 86.1 cm³/mol. The average molecular weight is 350 g/mol. The number of esters is 1. The monoisotopic (exact) mass is 350 g/mol. The quantitative estimate of drug-likeness (QED) is 0.523. The average Bonchev–Trinajstić information content (AvgIpc) is 3.11. The maximum Gasteiger partial charge on any atom is 0.338 e. The standard InChI is InChI=1S/C11H12N2O4.C6H4F2/c14-11(17-10-5-6-12-7-10)8-1-3-9(4-2-8)13(15)16;7-5-1-2-6(8)4-3-5/h1-4,10,12H,5-7H2;1-4H. The lowest BCUT2D eigenvalue weighted by Gasteiger charge is -2.10. The fourth-order valence-electron chi connectivity index (χ4n) is 2.10. The number of carbonyl (C=O) groups is 1. The molecule has 8 heteroatoms. The molecular formula is C17H16F2N2O4. The number of rotatable bonds is 3. The Hall–Kier alpha value is -2.87. The number of hydrogen-bond acceptors (Lipinski definition) is 5. The number of halogens is 2. The topological polar surface area (TPSA) is 81.5 Å². The summed E-state index contributed by atoms with van der Waals surface area (Å²) in [7, 11) is 0. The van der Waals surface area contributed by atoms with Crippen LogP contribution in [0.25, 0.3) is 0 Å². The second-order valence-electron chi connectivity index (χ2n) is 5.26. The van der Waals surface area contributed by atoms with E-state index in [9.17, 15) is 23.7 Å². The molecule has 2 aromatic carbocycles. The first-order valence-electron chi connectivity index (χ1n) is 7.53. The zero-order chi connectivity index (χ0) is 18.2. The van der Waals surface area contributed by atoms with E-state index >= 15 is 0 Å². The SMILES string of the molecule is Fc1ccc(F)cc1.O=C(OC1CCNC1)c1ccc([N+](=O)[O-])cc1. The Kier molecular flexibility index (Phi) is 6.53. The molecule has 0 radical (unpaired) electrons. The summed E-state index contributed by atoms with van der Waals surface area (Å²) in [5.74, 6) is -1.26. The molecule has 1 saturated heterocycles. The third-order valence-corrected chi connectivity index (χ3v) is 3.41. The number of hydrogen-bond donors (Lipinski definition) is 1. The fourth-order valence-corrected chi connectivity index (χ4v) is 2.10. The molecule has 1 aliphatic heterocycles. The largest absolute Gasteiger partial charge is 0.457 e. The summed E-state index contributed by atoms with van der Waals surface area (Å²) in [6.07, 6.45) is 0.705. The highest BCUT2D eigenvalue weighted by molar-refractivity contribution is 5.89. The summed E-state index contributed by atoms with van der Waals surface area (Å²) >= 11 is 0. The van der Waals surface area contributed by atoms with E-state index in [1.165, 1.54) is 24.3 Å². The van der Waals surface area contributed by atoms with Gasteiger partial charge >= 0.3 is 5.97 Å². The van der Waals surface area contributed by atoms with Gasteiger partial charge in [-0.15, -0.1) is 0 Å². The molecule has 0 spiro atoms. The van der Waals surface area contributed by atoms with Crippen molar-refractivity contribution in [2.24, 2.45) is 0 Å². The van der Waals surface area contributed by atoms with Gasteiger partial charge < -0.3 is 10.1 Å². The summed E-state index contributed by atoms with van der Waals surface area (Å²) < 4.78 is 29.1. The molecule has 1 N–H and O–H groups in total. The van der Waals surface area contributed by atoms with E-state index in [4.69, 9.17) is 4.74 Å². The van der Waals surface area contributed by atoms with Crippen molar-refractivity contribution in [3.63, 3.8) is 0 Å². The summed E-state index contributed by atoms with van der Waals surface area (Å²) in [6, 6.07) is 9.72. The summed E-state index contributed by atoms with van der Waals surface area (Å²) in [6.45, 7) is 1.51. The van der Waals surface area contributed by atoms with Gasteiger partial charge in [0, 0.05) is 18.7 Å². The first kappa shape index (κ1) is 18.5. The highest BCUT2D eigenvalue weighted by Crippen LogP contribution is 2.14. The van der Waals surface area contributed by atoms with Crippen molar-refractivity contribution in [1.29, 1.82) is 0 Å². The van der Waals surface area contributed by atoms with Crippen LogP contribution in [0.2, 0.25) is 0 Å². The molecule has 3 rings (SSSR count). The van der Waals surface area contributed by atoms with Gasteiger partial charge in [0.25, 0.3) is 5.69 Å². The van der Waals surface area contributed by atoms with Gasteiger partial charge in [0.05, 0.1) is 10.5 Å². The van der Waals surface area contributed by atoms with Gasteiger partial charge in [-0.3, -0.25) is 10.1 Å². The van der Waals surface area contributed by atoms with Gasteiger partial charge in [-0.2, -0.15) is 0 Å². The molecule has 1 unspecified atom stereocenters. The van der Waals surface area contributed by atoms with Gasteiger partial charge in [0.2, 0.25) is 0 Å². The number of carbonyl (C=O) groups excluding carboxylic acids is 1. The number of non-ortho nitro benzene ring substituents is 1. The molecule has 0 amide bonds. The normalized spacial score (nSPS) is 15.8. The lowest BCUT2D eigenvalue weighted by Crippen LogP contribution is -2.20.